The Labute approximate surface area is 145 Å². The van der Waals surface area contributed by atoms with Crippen molar-refractivity contribution in [3.63, 3.8) is 0 Å². The lowest BCUT2D eigenvalue weighted by molar-refractivity contribution is -0.142. The summed E-state index contributed by atoms with van der Waals surface area (Å²) >= 11 is 0. The van der Waals surface area contributed by atoms with Crippen LogP contribution in [0.4, 0.5) is 5.82 Å². The molecular formula is C18H32N4O2. The molecule has 1 aromatic heterocycles. The molecule has 1 atom stereocenters. The summed E-state index contributed by atoms with van der Waals surface area (Å²) in [4.78, 5) is 18.1. The first kappa shape index (κ1) is 20.4. The maximum atomic E-state index is 11.3. The van der Waals surface area contributed by atoms with Crippen LogP contribution in [0, 0.1) is 0 Å². The van der Waals surface area contributed by atoms with E-state index in [0.29, 0.717) is 6.42 Å². The van der Waals surface area contributed by atoms with Gasteiger partial charge in [0.15, 0.2) is 0 Å². The van der Waals surface area contributed by atoms with Gasteiger partial charge in [-0.2, -0.15) is 0 Å². The summed E-state index contributed by atoms with van der Waals surface area (Å²) in [6.45, 7) is 3.92. The van der Waals surface area contributed by atoms with Crippen LogP contribution < -0.4 is 11.1 Å². The number of ether oxygens (including phenoxy) is 1. The molecule has 0 aliphatic carbocycles. The standard InChI is InChI=1S/C18H32N4O2/c1-5-14-9-10-15(21-17(14)20-2)8-6-7-12-22(3)13-11-16(19)18(23)24-4/h9-10,16H,5-8,11-13,19H2,1-4H3,(H,20,21). The predicted octanol–water partition coefficient (Wildman–Crippen LogP) is 1.83. The fraction of sp³-hybridized carbons (Fsp3) is 0.667. The van der Waals surface area contributed by atoms with Crippen molar-refractivity contribution in [2.24, 2.45) is 5.73 Å². The second kappa shape index (κ2) is 11.0. The van der Waals surface area contributed by atoms with E-state index in [1.165, 1.54) is 12.7 Å². The number of methoxy groups -OCH3 is 1. The van der Waals surface area contributed by atoms with Crippen LogP contribution in [-0.2, 0) is 22.4 Å². The van der Waals surface area contributed by atoms with Crippen LogP contribution in [0.5, 0.6) is 0 Å². The van der Waals surface area contributed by atoms with Crippen molar-refractivity contribution in [2.75, 3.05) is 39.6 Å². The van der Waals surface area contributed by atoms with Crippen LogP contribution in [0.3, 0.4) is 0 Å². The summed E-state index contributed by atoms with van der Waals surface area (Å²) in [5.41, 5.74) is 8.13. The lowest BCUT2D eigenvalue weighted by atomic mass is 10.1. The number of esters is 1. The van der Waals surface area contributed by atoms with E-state index < -0.39 is 6.04 Å². The number of aromatic nitrogens is 1. The van der Waals surface area contributed by atoms with Crippen molar-refractivity contribution in [3.05, 3.63) is 23.4 Å². The first-order chi connectivity index (χ1) is 11.5. The number of rotatable bonds is 11. The van der Waals surface area contributed by atoms with Gasteiger partial charge in [-0.05, 0) is 63.9 Å². The Morgan fingerprint density at radius 1 is 1.38 bits per heavy atom. The molecule has 0 spiro atoms. The number of carbonyl (C=O) groups excluding carboxylic acids is 1. The van der Waals surface area contributed by atoms with Gasteiger partial charge in [0.25, 0.3) is 0 Å². The van der Waals surface area contributed by atoms with E-state index in [-0.39, 0.29) is 5.97 Å². The average Bonchev–Trinajstić information content (AvgIpc) is 2.62. The molecule has 0 fully saturated rings. The Morgan fingerprint density at radius 3 is 2.75 bits per heavy atom. The molecule has 1 unspecified atom stereocenters. The second-order valence-electron chi connectivity index (χ2n) is 6.09. The largest absolute Gasteiger partial charge is 0.468 e. The Bertz CT molecular complexity index is 508. The number of carbonyl (C=O) groups is 1. The van der Waals surface area contributed by atoms with Gasteiger partial charge in [-0.15, -0.1) is 0 Å². The molecule has 0 saturated carbocycles. The van der Waals surface area contributed by atoms with Crippen LogP contribution in [-0.4, -0.2) is 56.2 Å². The Hall–Kier alpha value is -1.66. The Morgan fingerprint density at radius 2 is 2.12 bits per heavy atom. The molecule has 1 heterocycles. The van der Waals surface area contributed by atoms with Gasteiger partial charge in [0, 0.05) is 12.7 Å². The first-order valence-corrected chi connectivity index (χ1v) is 8.70. The minimum atomic E-state index is -0.529. The topological polar surface area (TPSA) is 80.5 Å². The van der Waals surface area contributed by atoms with Crippen LogP contribution >= 0.6 is 0 Å². The molecule has 0 aromatic carbocycles. The number of hydrogen-bond donors (Lipinski definition) is 2. The molecule has 24 heavy (non-hydrogen) atoms. The molecule has 0 saturated heterocycles. The van der Waals surface area contributed by atoms with Crippen molar-refractivity contribution >= 4 is 11.8 Å². The summed E-state index contributed by atoms with van der Waals surface area (Å²) in [5, 5.41) is 3.17. The van der Waals surface area contributed by atoms with E-state index in [2.05, 4.69) is 46.0 Å². The molecule has 1 aromatic rings. The minimum absolute atomic E-state index is 0.342. The third-order valence-corrected chi connectivity index (χ3v) is 4.20. The fourth-order valence-corrected chi connectivity index (χ4v) is 2.60. The third kappa shape index (κ3) is 6.84. The van der Waals surface area contributed by atoms with Crippen LogP contribution in [0.2, 0.25) is 0 Å². The van der Waals surface area contributed by atoms with Crippen LogP contribution in [0.25, 0.3) is 0 Å². The summed E-state index contributed by atoms with van der Waals surface area (Å²) in [7, 11) is 5.34. The van der Waals surface area contributed by atoms with E-state index in [0.717, 1.165) is 50.3 Å². The lowest BCUT2D eigenvalue weighted by Gasteiger charge is -2.18. The van der Waals surface area contributed by atoms with Gasteiger partial charge in [-0.1, -0.05) is 13.0 Å². The molecule has 136 valence electrons. The highest BCUT2D eigenvalue weighted by molar-refractivity contribution is 5.75. The molecule has 0 aliphatic rings. The summed E-state index contributed by atoms with van der Waals surface area (Å²) < 4.78 is 4.63. The van der Waals surface area contributed by atoms with Gasteiger partial charge >= 0.3 is 5.97 Å². The molecule has 0 amide bonds. The normalized spacial score (nSPS) is 12.2. The highest BCUT2D eigenvalue weighted by Gasteiger charge is 2.13. The molecule has 1 rings (SSSR count). The van der Waals surface area contributed by atoms with Gasteiger partial charge in [0.1, 0.15) is 11.9 Å². The number of nitrogens with two attached hydrogens (primary N) is 1. The van der Waals surface area contributed by atoms with Gasteiger partial charge in [-0.25, -0.2) is 4.98 Å². The highest BCUT2D eigenvalue weighted by Crippen LogP contribution is 2.15. The van der Waals surface area contributed by atoms with E-state index in [1.54, 1.807) is 0 Å². The average molecular weight is 336 g/mol. The predicted molar refractivity (Wildman–Crippen MR) is 98.2 cm³/mol. The number of aryl methyl sites for hydroxylation is 2. The molecular weight excluding hydrogens is 304 g/mol. The first-order valence-electron chi connectivity index (χ1n) is 8.70. The van der Waals surface area contributed by atoms with E-state index in [4.69, 9.17) is 5.73 Å². The molecule has 0 radical (unpaired) electrons. The number of nitrogens with one attached hydrogen (secondary N) is 1. The van der Waals surface area contributed by atoms with Crippen molar-refractivity contribution in [3.8, 4) is 0 Å². The molecule has 6 nitrogen and oxygen atoms in total. The van der Waals surface area contributed by atoms with Gasteiger partial charge in [-0.3, -0.25) is 4.79 Å². The fourth-order valence-electron chi connectivity index (χ4n) is 2.60. The monoisotopic (exact) mass is 336 g/mol. The third-order valence-electron chi connectivity index (χ3n) is 4.20. The molecule has 0 bridgehead atoms. The van der Waals surface area contributed by atoms with E-state index in [9.17, 15) is 4.79 Å². The lowest BCUT2D eigenvalue weighted by Crippen LogP contribution is -2.35. The maximum Gasteiger partial charge on any atom is 0.322 e. The summed E-state index contributed by atoms with van der Waals surface area (Å²) in [5.74, 6) is 0.647. The zero-order valence-corrected chi connectivity index (χ0v) is 15.5. The van der Waals surface area contributed by atoms with Crippen LogP contribution in [0.1, 0.15) is 37.4 Å². The maximum absolute atomic E-state index is 11.3. The highest BCUT2D eigenvalue weighted by atomic mass is 16.5. The van der Waals surface area contributed by atoms with E-state index >= 15 is 0 Å². The number of unbranched alkanes of at least 4 members (excludes halogenated alkanes) is 1. The van der Waals surface area contributed by atoms with Gasteiger partial charge in [0.2, 0.25) is 0 Å². The molecule has 0 aliphatic heterocycles. The Kier molecular flexibility index (Phi) is 9.34. The van der Waals surface area contributed by atoms with E-state index in [1.807, 2.05) is 7.05 Å². The summed E-state index contributed by atoms with van der Waals surface area (Å²) in [6.07, 6.45) is 4.77. The number of pyridine rings is 1. The summed E-state index contributed by atoms with van der Waals surface area (Å²) in [6, 6.07) is 3.76. The smallest absolute Gasteiger partial charge is 0.322 e. The van der Waals surface area contributed by atoms with Crippen molar-refractivity contribution in [1.82, 2.24) is 9.88 Å². The number of anilines is 1. The minimum Gasteiger partial charge on any atom is -0.468 e. The number of hydrogen-bond acceptors (Lipinski definition) is 6. The second-order valence-corrected chi connectivity index (χ2v) is 6.09. The molecule has 6 heteroatoms. The van der Waals surface area contributed by atoms with Crippen LogP contribution in [0.15, 0.2) is 12.1 Å². The number of nitrogens with zero attached hydrogens (tertiary/aromatic N) is 2. The SMILES string of the molecule is CCc1ccc(CCCCN(C)CCC(N)C(=O)OC)nc1NC. The quantitative estimate of drug-likeness (QED) is 0.474. The van der Waals surface area contributed by atoms with Gasteiger partial charge in [0.05, 0.1) is 7.11 Å². The Balaban J connectivity index is 2.27. The van der Waals surface area contributed by atoms with Crippen molar-refractivity contribution in [1.29, 1.82) is 0 Å². The zero-order valence-electron chi connectivity index (χ0n) is 15.5. The van der Waals surface area contributed by atoms with Crippen molar-refractivity contribution < 1.29 is 9.53 Å². The van der Waals surface area contributed by atoms with Crippen molar-refractivity contribution in [2.45, 2.75) is 45.1 Å². The zero-order chi connectivity index (χ0) is 17.9. The van der Waals surface area contributed by atoms with Gasteiger partial charge < -0.3 is 20.7 Å². The molecule has 3 N–H and O–H groups in total.